The molecule has 0 aliphatic rings. The van der Waals surface area contributed by atoms with E-state index in [0.29, 0.717) is 4.88 Å². The highest BCUT2D eigenvalue weighted by Gasteiger charge is 2.10. The van der Waals surface area contributed by atoms with Crippen LogP contribution < -0.4 is 0 Å². The Morgan fingerprint density at radius 2 is 2.14 bits per heavy atom. The third-order valence-electron chi connectivity index (χ3n) is 2.05. The van der Waals surface area contributed by atoms with Crippen molar-refractivity contribution in [2.24, 2.45) is 0 Å². The molecule has 2 heterocycles. The first-order valence-electron chi connectivity index (χ1n) is 4.19. The second-order valence-corrected chi connectivity index (χ2v) is 4.26. The highest BCUT2D eigenvalue weighted by atomic mass is 32.1. The number of aromatic nitrogens is 1. The zero-order valence-electron chi connectivity index (χ0n) is 7.87. The van der Waals surface area contributed by atoms with Crippen molar-refractivity contribution >= 4 is 27.4 Å². The van der Waals surface area contributed by atoms with Gasteiger partial charge in [0.05, 0.1) is 0 Å². The van der Waals surface area contributed by atoms with Crippen molar-refractivity contribution in [3.63, 3.8) is 0 Å². The lowest BCUT2D eigenvalue weighted by molar-refractivity contribution is 0.0702. The van der Waals surface area contributed by atoms with Crippen LogP contribution in [0.5, 0.6) is 0 Å². The van der Waals surface area contributed by atoms with Crippen molar-refractivity contribution < 1.29 is 9.90 Å². The van der Waals surface area contributed by atoms with E-state index in [-0.39, 0.29) is 0 Å². The normalized spacial score (nSPS) is 10.7. The molecular formula is C10H9NO2S. The number of aromatic carboxylic acids is 1. The van der Waals surface area contributed by atoms with Crippen LogP contribution in [0, 0.1) is 13.8 Å². The number of carbonyl (C=O) groups is 1. The summed E-state index contributed by atoms with van der Waals surface area (Å²) in [5, 5.41) is 9.78. The van der Waals surface area contributed by atoms with Gasteiger partial charge in [0.15, 0.2) is 0 Å². The summed E-state index contributed by atoms with van der Waals surface area (Å²) in [6.45, 7) is 3.81. The second kappa shape index (κ2) is 3.06. The molecule has 4 heteroatoms. The van der Waals surface area contributed by atoms with Gasteiger partial charge in [-0.2, -0.15) is 0 Å². The molecule has 1 N–H and O–H groups in total. The Bertz CT molecular complexity index is 516. The summed E-state index contributed by atoms with van der Waals surface area (Å²) in [5.41, 5.74) is 1.82. The quantitative estimate of drug-likeness (QED) is 0.782. The summed E-state index contributed by atoms with van der Waals surface area (Å²) in [6, 6.07) is 3.60. The molecule has 2 aromatic rings. The van der Waals surface area contributed by atoms with Crippen molar-refractivity contribution in [3.05, 3.63) is 28.4 Å². The van der Waals surface area contributed by atoms with E-state index >= 15 is 0 Å². The molecule has 0 aliphatic heterocycles. The number of fused-ring (bicyclic) bond motifs is 1. The van der Waals surface area contributed by atoms with E-state index in [2.05, 4.69) is 4.98 Å². The molecule has 0 saturated heterocycles. The first-order chi connectivity index (χ1) is 6.58. The van der Waals surface area contributed by atoms with Crippen LogP contribution in [0.4, 0.5) is 0 Å². The van der Waals surface area contributed by atoms with Crippen LogP contribution in [0.25, 0.3) is 10.1 Å². The van der Waals surface area contributed by atoms with Crippen molar-refractivity contribution in [3.8, 4) is 0 Å². The maximum absolute atomic E-state index is 10.8. The van der Waals surface area contributed by atoms with Gasteiger partial charge < -0.3 is 5.11 Å². The summed E-state index contributed by atoms with van der Waals surface area (Å²) in [4.78, 5) is 15.4. The van der Waals surface area contributed by atoms with Gasteiger partial charge in [-0.15, -0.1) is 11.3 Å². The minimum Gasteiger partial charge on any atom is -0.477 e. The molecule has 14 heavy (non-hydrogen) atoms. The summed E-state index contributed by atoms with van der Waals surface area (Å²) in [5.74, 6) is -0.872. The monoisotopic (exact) mass is 207 g/mol. The van der Waals surface area contributed by atoms with E-state index in [4.69, 9.17) is 5.11 Å². The van der Waals surface area contributed by atoms with Crippen molar-refractivity contribution in [2.75, 3.05) is 0 Å². The summed E-state index contributed by atoms with van der Waals surface area (Å²) < 4.78 is 0.993. The lowest BCUT2D eigenvalue weighted by atomic mass is 10.2. The zero-order chi connectivity index (χ0) is 10.3. The molecular weight excluding hydrogens is 198 g/mol. The van der Waals surface area contributed by atoms with Crippen LogP contribution in [-0.4, -0.2) is 16.1 Å². The third-order valence-corrected chi connectivity index (χ3v) is 3.12. The van der Waals surface area contributed by atoms with E-state index in [1.807, 2.05) is 19.9 Å². The Labute approximate surface area is 85.0 Å². The number of nitrogens with zero attached hydrogens (tertiary/aromatic N) is 1. The Morgan fingerprint density at radius 1 is 1.43 bits per heavy atom. The van der Waals surface area contributed by atoms with Crippen molar-refractivity contribution in [2.45, 2.75) is 13.8 Å². The Hall–Kier alpha value is -1.42. The highest BCUT2D eigenvalue weighted by Crippen LogP contribution is 2.27. The van der Waals surface area contributed by atoms with Gasteiger partial charge in [-0.25, -0.2) is 4.79 Å². The SMILES string of the molecule is Cc1cc2sc(C(=O)O)cc2c(C)n1. The maximum atomic E-state index is 10.8. The number of hydrogen-bond donors (Lipinski definition) is 1. The molecule has 0 amide bonds. The van der Waals surface area contributed by atoms with E-state index in [1.165, 1.54) is 11.3 Å². The molecule has 2 aromatic heterocycles. The van der Waals surface area contributed by atoms with E-state index < -0.39 is 5.97 Å². The molecule has 0 atom stereocenters. The largest absolute Gasteiger partial charge is 0.477 e. The lowest BCUT2D eigenvalue weighted by Crippen LogP contribution is -1.89. The minimum absolute atomic E-state index is 0.371. The molecule has 0 radical (unpaired) electrons. The third kappa shape index (κ3) is 1.37. The van der Waals surface area contributed by atoms with Crippen LogP contribution >= 0.6 is 11.3 Å². The summed E-state index contributed by atoms with van der Waals surface area (Å²) >= 11 is 1.29. The van der Waals surface area contributed by atoms with E-state index in [9.17, 15) is 4.79 Å². The molecule has 0 fully saturated rings. The number of thiophene rings is 1. The van der Waals surface area contributed by atoms with Crippen molar-refractivity contribution in [1.82, 2.24) is 4.98 Å². The van der Waals surface area contributed by atoms with Gasteiger partial charge in [-0.3, -0.25) is 4.98 Å². The van der Waals surface area contributed by atoms with Gasteiger partial charge >= 0.3 is 5.97 Å². The van der Waals surface area contributed by atoms with Crippen LogP contribution in [0.2, 0.25) is 0 Å². The molecule has 0 aliphatic carbocycles. The second-order valence-electron chi connectivity index (χ2n) is 3.18. The summed E-state index contributed by atoms with van der Waals surface area (Å²) in [6.07, 6.45) is 0. The Morgan fingerprint density at radius 3 is 2.79 bits per heavy atom. The number of aryl methyl sites for hydroxylation is 2. The first-order valence-corrected chi connectivity index (χ1v) is 5.00. The molecule has 0 spiro atoms. The fourth-order valence-corrected chi connectivity index (χ4v) is 2.49. The van der Waals surface area contributed by atoms with E-state index in [0.717, 1.165) is 21.5 Å². The summed E-state index contributed by atoms with van der Waals surface area (Å²) in [7, 11) is 0. The van der Waals surface area contributed by atoms with Gasteiger partial charge in [0.2, 0.25) is 0 Å². The average Bonchev–Trinajstić information content (AvgIpc) is 2.47. The zero-order valence-corrected chi connectivity index (χ0v) is 8.68. The average molecular weight is 207 g/mol. The number of carboxylic acids is 1. The maximum Gasteiger partial charge on any atom is 0.345 e. The van der Waals surface area contributed by atoms with Crippen LogP contribution in [0.15, 0.2) is 12.1 Å². The van der Waals surface area contributed by atoms with Gasteiger partial charge in [0.25, 0.3) is 0 Å². The van der Waals surface area contributed by atoms with Crippen LogP contribution in [0.1, 0.15) is 21.1 Å². The lowest BCUT2D eigenvalue weighted by Gasteiger charge is -1.96. The van der Waals surface area contributed by atoms with Crippen LogP contribution in [0.3, 0.4) is 0 Å². The molecule has 0 bridgehead atoms. The van der Waals surface area contributed by atoms with Gasteiger partial charge in [0.1, 0.15) is 4.88 Å². The predicted octanol–water partition coefficient (Wildman–Crippen LogP) is 2.61. The standard InChI is InChI=1S/C10H9NO2S/c1-5-3-8-7(6(2)11-5)4-9(14-8)10(12)13/h3-4H,1-2H3,(H,12,13). The van der Waals surface area contributed by atoms with Crippen LogP contribution in [-0.2, 0) is 0 Å². The topological polar surface area (TPSA) is 50.2 Å². The predicted molar refractivity (Wildman–Crippen MR) is 56.1 cm³/mol. The molecule has 0 saturated carbocycles. The van der Waals surface area contributed by atoms with Gasteiger partial charge in [0, 0.05) is 21.5 Å². The number of hydrogen-bond acceptors (Lipinski definition) is 3. The fraction of sp³-hybridized carbons (Fsp3) is 0.200. The molecule has 0 unspecified atom stereocenters. The smallest absolute Gasteiger partial charge is 0.345 e. The Kier molecular flexibility index (Phi) is 2.00. The molecule has 3 nitrogen and oxygen atoms in total. The van der Waals surface area contributed by atoms with Gasteiger partial charge in [-0.05, 0) is 26.0 Å². The van der Waals surface area contributed by atoms with E-state index in [1.54, 1.807) is 6.07 Å². The Balaban J connectivity index is 2.76. The number of rotatable bonds is 1. The molecule has 0 aromatic carbocycles. The molecule has 2 rings (SSSR count). The van der Waals surface area contributed by atoms with Crippen molar-refractivity contribution in [1.29, 1.82) is 0 Å². The number of pyridine rings is 1. The minimum atomic E-state index is -0.872. The van der Waals surface area contributed by atoms with Gasteiger partial charge in [-0.1, -0.05) is 0 Å². The number of carboxylic acid groups (broad SMARTS) is 1. The molecule has 72 valence electrons. The first kappa shape index (κ1) is 9.15. The fourth-order valence-electron chi connectivity index (χ4n) is 1.45. The highest BCUT2D eigenvalue weighted by molar-refractivity contribution is 7.20.